The molecule has 1 amide bonds. The van der Waals surface area contributed by atoms with Crippen molar-refractivity contribution in [3.05, 3.63) is 48.5 Å². The van der Waals surface area contributed by atoms with Crippen LogP contribution in [0, 0.1) is 5.92 Å². The van der Waals surface area contributed by atoms with E-state index in [1.807, 2.05) is 25.1 Å². The molecule has 6 nitrogen and oxygen atoms in total. The summed E-state index contributed by atoms with van der Waals surface area (Å²) in [5, 5.41) is 7.37. The lowest BCUT2D eigenvalue weighted by molar-refractivity contribution is 0.0937. The molecule has 0 bridgehead atoms. The van der Waals surface area contributed by atoms with Crippen LogP contribution in [-0.4, -0.2) is 31.5 Å². The van der Waals surface area contributed by atoms with Gasteiger partial charge >= 0.3 is 0 Å². The Morgan fingerprint density at radius 3 is 2.75 bits per heavy atom. The molecule has 3 heterocycles. The van der Waals surface area contributed by atoms with Gasteiger partial charge in [-0.15, -0.1) is 0 Å². The van der Waals surface area contributed by atoms with Gasteiger partial charge in [0.05, 0.1) is 11.9 Å². The maximum atomic E-state index is 12.5. The summed E-state index contributed by atoms with van der Waals surface area (Å²) in [7, 11) is 0. The molecule has 0 aliphatic carbocycles. The summed E-state index contributed by atoms with van der Waals surface area (Å²) in [6, 6.07) is 5.79. The van der Waals surface area contributed by atoms with Crippen molar-refractivity contribution in [1.82, 2.24) is 24.9 Å². The van der Waals surface area contributed by atoms with Crippen LogP contribution in [-0.2, 0) is 0 Å². The lowest BCUT2D eigenvalue weighted by Gasteiger charge is -2.15. The number of amides is 1. The number of fused-ring (bicyclic) bond motifs is 1. The average Bonchev–Trinajstić information content (AvgIpc) is 2.99. The van der Waals surface area contributed by atoms with Crippen LogP contribution in [0.5, 0.6) is 0 Å². The van der Waals surface area contributed by atoms with Crippen LogP contribution in [0.2, 0.25) is 0 Å². The predicted octanol–water partition coefficient (Wildman–Crippen LogP) is 2.96. The highest BCUT2D eigenvalue weighted by atomic mass is 16.1. The molecule has 0 radical (unpaired) electrons. The molecule has 0 spiro atoms. The number of nitrogens with one attached hydrogen (secondary N) is 1. The Morgan fingerprint density at radius 2 is 2.04 bits per heavy atom. The second kappa shape index (κ2) is 6.78. The number of aromatic nitrogens is 4. The number of pyridine rings is 1. The van der Waals surface area contributed by atoms with Crippen LogP contribution in [0.4, 0.5) is 0 Å². The van der Waals surface area contributed by atoms with Crippen LogP contribution in [0.1, 0.15) is 37.6 Å². The van der Waals surface area contributed by atoms with Crippen molar-refractivity contribution >= 4 is 11.6 Å². The number of carbonyl (C=O) groups excluding carboxylic acids is 1. The monoisotopic (exact) mass is 323 g/mol. The van der Waals surface area contributed by atoms with Gasteiger partial charge in [0.1, 0.15) is 5.56 Å². The molecule has 3 aromatic rings. The second-order valence-corrected chi connectivity index (χ2v) is 6.37. The zero-order valence-electron chi connectivity index (χ0n) is 14.1. The normalized spacial score (nSPS) is 12.5. The standard InChI is InChI=1S/C18H21N5O/c1-12(2)9-13(3)22-18(24)15-11-21-23-16(6-8-20-17(15)23)14-5-4-7-19-10-14/h4-8,10-13H,9H2,1-3H3,(H,22,24)/t13-/m0/s1. The first-order valence-electron chi connectivity index (χ1n) is 8.10. The molecule has 0 saturated carbocycles. The number of rotatable bonds is 5. The van der Waals surface area contributed by atoms with Crippen LogP contribution >= 0.6 is 0 Å². The van der Waals surface area contributed by atoms with Gasteiger partial charge in [0.2, 0.25) is 0 Å². The Labute approximate surface area is 141 Å². The van der Waals surface area contributed by atoms with Gasteiger partial charge in [-0.1, -0.05) is 13.8 Å². The minimum Gasteiger partial charge on any atom is -0.349 e. The fourth-order valence-electron chi connectivity index (χ4n) is 2.85. The lowest BCUT2D eigenvalue weighted by Crippen LogP contribution is -2.33. The summed E-state index contributed by atoms with van der Waals surface area (Å²) in [5.41, 5.74) is 2.80. The summed E-state index contributed by atoms with van der Waals surface area (Å²) in [5.74, 6) is 0.383. The van der Waals surface area contributed by atoms with Crippen LogP contribution in [0.25, 0.3) is 16.9 Å². The van der Waals surface area contributed by atoms with Crippen LogP contribution in [0.15, 0.2) is 43.0 Å². The van der Waals surface area contributed by atoms with Gasteiger partial charge in [-0.3, -0.25) is 9.78 Å². The Balaban J connectivity index is 1.93. The maximum Gasteiger partial charge on any atom is 0.256 e. The maximum absolute atomic E-state index is 12.5. The minimum atomic E-state index is -0.144. The van der Waals surface area contributed by atoms with Crippen molar-refractivity contribution in [3.63, 3.8) is 0 Å². The van der Waals surface area contributed by atoms with E-state index < -0.39 is 0 Å². The molecule has 0 aliphatic heterocycles. The molecule has 0 unspecified atom stereocenters. The molecule has 0 aromatic carbocycles. The predicted molar refractivity (Wildman–Crippen MR) is 92.6 cm³/mol. The molecule has 0 aliphatic rings. The summed E-state index contributed by atoms with van der Waals surface area (Å²) in [4.78, 5) is 21.0. The highest BCUT2D eigenvalue weighted by Gasteiger charge is 2.18. The van der Waals surface area contributed by atoms with Gasteiger partial charge in [-0.2, -0.15) is 5.10 Å². The molecule has 3 rings (SSSR count). The first kappa shape index (κ1) is 16.1. The van der Waals surface area contributed by atoms with E-state index in [1.165, 1.54) is 0 Å². The van der Waals surface area contributed by atoms with E-state index in [-0.39, 0.29) is 11.9 Å². The van der Waals surface area contributed by atoms with Gasteiger partial charge in [0.15, 0.2) is 5.65 Å². The Kier molecular flexibility index (Phi) is 4.55. The van der Waals surface area contributed by atoms with Crippen LogP contribution in [0.3, 0.4) is 0 Å². The molecular formula is C18H21N5O. The smallest absolute Gasteiger partial charge is 0.256 e. The van der Waals surface area contributed by atoms with E-state index in [2.05, 4.69) is 34.2 Å². The number of carbonyl (C=O) groups is 1. The van der Waals surface area contributed by atoms with Gasteiger partial charge in [-0.25, -0.2) is 9.50 Å². The van der Waals surface area contributed by atoms with E-state index in [0.717, 1.165) is 17.7 Å². The van der Waals surface area contributed by atoms with Gasteiger partial charge < -0.3 is 5.32 Å². The summed E-state index contributed by atoms with van der Waals surface area (Å²) < 4.78 is 1.68. The highest BCUT2D eigenvalue weighted by Crippen LogP contribution is 2.20. The Hall–Kier alpha value is -2.76. The van der Waals surface area contributed by atoms with E-state index >= 15 is 0 Å². The summed E-state index contributed by atoms with van der Waals surface area (Å²) in [6.45, 7) is 6.29. The third-order valence-electron chi connectivity index (χ3n) is 3.81. The number of nitrogens with zero attached hydrogens (tertiary/aromatic N) is 4. The first-order valence-corrected chi connectivity index (χ1v) is 8.10. The molecule has 124 valence electrons. The quantitative estimate of drug-likeness (QED) is 0.783. The number of hydrogen-bond donors (Lipinski definition) is 1. The molecule has 6 heteroatoms. The van der Waals surface area contributed by atoms with Crippen molar-refractivity contribution in [2.45, 2.75) is 33.2 Å². The van der Waals surface area contributed by atoms with Gasteiger partial charge in [-0.05, 0) is 37.5 Å². The first-order chi connectivity index (χ1) is 11.6. The largest absolute Gasteiger partial charge is 0.349 e. The zero-order chi connectivity index (χ0) is 17.1. The molecule has 1 atom stereocenters. The van der Waals surface area contributed by atoms with E-state index in [4.69, 9.17) is 0 Å². The van der Waals surface area contributed by atoms with E-state index in [9.17, 15) is 4.79 Å². The van der Waals surface area contributed by atoms with Crippen LogP contribution < -0.4 is 5.32 Å². The molecule has 3 aromatic heterocycles. The minimum absolute atomic E-state index is 0.106. The summed E-state index contributed by atoms with van der Waals surface area (Å²) >= 11 is 0. The molecular weight excluding hydrogens is 302 g/mol. The Bertz CT molecular complexity index is 841. The average molecular weight is 323 g/mol. The lowest BCUT2D eigenvalue weighted by atomic mass is 10.1. The number of hydrogen-bond acceptors (Lipinski definition) is 4. The third-order valence-corrected chi connectivity index (χ3v) is 3.81. The summed E-state index contributed by atoms with van der Waals surface area (Å²) in [6.07, 6.45) is 7.67. The molecule has 1 N–H and O–H groups in total. The zero-order valence-corrected chi connectivity index (χ0v) is 14.1. The third kappa shape index (κ3) is 3.27. The van der Waals surface area contributed by atoms with Crippen molar-refractivity contribution in [2.24, 2.45) is 5.92 Å². The molecule has 0 saturated heterocycles. The fraction of sp³-hybridized carbons (Fsp3) is 0.333. The van der Waals surface area contributed by atoms with Gasteiger partial charge in [0, 0.05) is 30.2 Å². The van der Waals surface area contributed by atoms with Crippen molar-refractivity contribution in [3.8, 4) is 11.3 Å². The van der Waals surface area contributed by atoms with Crippen molar-refractivity contribution in [1.29, 1.82) is 0 Å². The van der Waals surface area contributed by atoms with E-state index in [1.54, 1.807) is 29.3 Å². The van der Waals surface area contributed by atoms with Crippen molar-refractivity contribution in [2.75, 3.05) is 0 Å². The fourth-order valence-corrected chi connectivity index (χ4v) is 2.85. The SMILES string of the molecule is CC(C)C[C@H](C)NC(=O)c1cnn2c(-c3cccnc3)ccnc12. The molecule has 0 fully saturated rings. The second-order valence-electron chi connectivity index (χ2n) is 6.37. The molecule has 24 heavy (non-hydrogen) atoms. The Morgan fingerprint density at radius 1 is 1.21 bits per heavy atom. The van der Waals surface area contributed by atoms with Crippen molar-refractivity contribution < 1.29 is 4.79 Å². The highest BCUT2D eigenvalue weighted by molar-refractivity contribution is 6.00. The van der Waals surface area contributed by atoms with E-state index in [0.29, 0.717) is 17.1 Å². The van der Waals surface area contributed by atoms with Gasteiger partial charge in [0.25, 0.3) is 5.91 Å². The topological polar surface area (TPSA) is 72.2 Å².